The molecule has 1 aromatic heterocycles. The van der Waals surface area contributed by atoms with Crippen molar-refractivity contribution in [1.29, 1.82) is 0 Å². The molecule has 2 unspecified atom stereocenters. The molecule has 1 N–H and O–H groups in total. The van der Waals surface area contributed by atoms with Gasteiger partial charge in [-0.25, -0.2) is 4.98 Å². The minimum Gasteiger partial charge on any atom is -0.391 e. The summed E-state index contributed by atoms with van der Waals surface area (Å²) in [6.45, 7) is 2.79. The number of aliphatic hydroxyl groups excluding tert-OH is 1. The molecule has 4 nitrogen and oxygen atoms in total. The molecule has 112 valence electrons. The van der Waals surface area contributed by atoms with Crippen molar-refractivity contribution in [3.63, 3.8) is 0 Å². The van der Waals surface area contributed by atoms with Crippen LogP contribution in [0.15, 0.2) is 42.7 Å². The molecule has 3 rings (SSSR count). The van der Waals surface area contributed by atoms with Gasteiger partial charge < -0.3 is 14.6 Å². The van der Waals surface area contributed by atoms with Crippen molar-refractivity contribution in [2.45, 2.75) is 24.9 Å². The summed E-state index contributed by atoms with van der Waals surface area (Å²) in [5.74, 6) is 1.66. The maximum absolute atomic E-state index is 10.3. The highest BCUT2D eigenvalue weighted by Crippen LogP contribution is 2.25. The monoisotopic (exact) mass is 285 g/mol. The van der Waals surface area contributed by atoms with E-state index in [-0.39, 0.29) is 6.10 Å². The van der Waals surface area contributed by atoms with Gasteiger partial charge >= 0.3 is 0 Å². The van der Waals surface area contributed by atoms with E-state index < -0.39 is 0 Å². The molecule has 4 heteroatoms. The van der Waals surface area contributed by atoms with Crippen molar-refractivity contribution in [2.75, 3.05) is 19.6 Å². The second-order valence-electron chi connectivity index (χ2n) is 5.99. The third-order valence-corrected chi connectivity index (χ3v) is 4.28. The number of hydrogen-bond donors (Lipinski definition) is 1. The summed E-state index contributed by atoms with van der Waals surface area (Å²) in [7, 11) is 2.05. The van der Waals surface area contributed by atoms with Crippen molar-refractivity contribution >= 4 is 0 Å². The number of β-amino-alcohol motifs (C(OH)–C–C–N with tert-alkyl or cyclic N) is 1. The topological polar surface area (TPSA) is 41.3 Å². The molecule has 2 heterocycles. The second-order valence-corrected chi connectivity index (χ2v) is 5.99. The number of nitrogens with zero attached hydrogens (tertiary/aromatic N) is 3. The molecule has 1 aliphatic heterocycles. The SMILES string of the molecule is Cn1ccnc1C1CCN(CC(O)Cc2ccccc2)C1. The number of benzene rings is 1. The zero-order valence-corrected chi connectivity index (χ0v) is 12.5. The first-order valence-corrected chi connectivity index (χ1v) is 7.64. The van der Waals surface area contributed by atoms with Crippen LogP contribution in [0.3, 0.4) is 0 Å². The number of imidazole rings is 1. The summed E-state index contributed by atoms with van der Waals surface area (Å²) in [4.78, 5) is 6.81. The maximum Gasteiger partial charge on any atom is 0.112 e. The van der Waals surface area contributed by atoms with Gasteiger partial charge in [0.15, 0.2) is 0 Å². The molecule has 0 amide bonds. The first kappa shape index (κ1) is 14.3. The van der Waals surface area contributed by atoms with E-state index in [4.69, 9.17) is 0 Å². The minimum atomic E-state index is -0.299. The van der Waals surface area contributed by atoms with Crippen molar-refractivity contribution in [1.82, 2.24) is 14.5 Å². The van der Waals surface area contributed by atoms with Gasteiger partial charge in [0, 0.05) is 38.4 Å². The summed E-state index contributed by atoms with van der Waals surface area (Å²) in [5.41, 5.74) is 1.20. The number of aliphatic hydroxyl groups is 1. The normalized spacial score (nSPS) is 20.8. The van der Waals surface area contributed by atoms with Crippen LogP contribution in [0.5, 0.6) is 0 Å². The van der Waals surface area contributed by atoms with E-state index in [9.17, 15) is 5.11 Å². The van der Waals surface area contributed by atoms with E-state index in [0.717, 1.165) is 38.3 Å². The Morgan fingerprint density at radius 1 is 1.33 bits per heavy atom. The van der Waals surface area contributed by atoms with Crippen molar-refractivity contribution < 1.29 is 5.11 Å². The summed E-state index contributed by atoms with van der Waals surface area (Å²) in [6.07, 6.45) is 5.42. The molecular weight excluding hydrogens is 262 g/mol. The Morgan fingerprint density at radius 2 is 2.14 bits per heavy atom. The molecule has 1 aliphatic rings. The van der Waals surface area contributed by atoms with E-state index >= 15 is 0 Å². The molecular formula is C17H23N3O. The fourth-order valence-electron chi connectivity index (χ4n) is 3.23. The maximum atomic E-state index is 10.3. The Balaban J connectivity index is 1.52. The van der Waals surface area contributed by atoms with E-state index in [1.807, 2.05) is 30.6 Å². The summed E-state index contributed by atoms with van der Waals surface area (Å²) in [6, 6.07) is 10.2. The highest BCUT2D eigenvalue weighted by molar-refractivity contribution is 5.15. The minimum absolute atomic E-state index is 0.299. The third kappa shape index (κ3) is 3.52. The standard InChI is InChI=1S/C17H23N3O/c1-19-10-8-18-17(19)15-7-9-20(12-15)13-16(21)11-14-5-3-2-4-6-14/h2-6,8,10,15-16,21H,7,9,11-13H2,1H3. The van der Waals surface area contributed by atoms with Crippen LogP contribution in [0.2, 0.25) is 0 Å². The molecule has 0 aliphatic carbocycles. The average Bonchev–Trinajstić information content (AvgIpc) is 3.08. The molecule has 2 atom stereocenters. The molecule has 2 aromatic rings. The Hall–Kier alpha value is -1.65. The summed E-state index contributed by atoms with van der Waals surface area (Å²) in [5, 5.41) is 10.3. The van der Waals surface area contributed by atoms with Gasteiger partial charge in [-0.1, -0.05) is 30.3 Å². The predicted octanol–water partition coefficient (Wildman–Crippen LogP) is 1.81. The Bertz CT molecular complexity index is 566. The first-order valence-electron chi connectivity index (χ1n) is 7.64. The Kier molecular flexibility index (Phi) is 4.36. The van der Waals surface area contributed by atoms with Crippen LogP contribution in [0, 0.1) is 0 Å². The van der Waals surface area contributed by atoms with E-state index in [2.05, 4.69) is 33.6 Å². The van der Waals surface area contributed by atoms with E-state index in [1.54, 1.807) is 0 Å². The highest BCUT2D eigenvalue weighted by atomic mass is 16.3. The van der Waals surface area contributed by atoms with Crippen LogP contribution >= 0.6 is 0 Å². The predicted molar refractivity (Wildman–Crippen MR) is 83.2 cm³/mol. The van der Waals surface area contributed by atoms with Crippen LogP contribution in [0.1, 0.15) is 23.7 Å². The lowest BCUT2D eigenvalue weighted by atomic mass is 10.1. The van der Waals surface area contributed by atoms with Gasteiger partial charge in [-0.2, -0.15) is 0 Å². The second kappa shape index (κ2) is 6.41. The van der Waals surface area contributed by atoms with E-state index in [0.29, 0.717) is 5.92 Å². The highest BCUT2D eigenvalue weighted by Gasteiger charge is 2.27. The molecule has 1 aromatic carbocycles. The quantitative estimate of drug-likeness (QED) is 0.911. The van der Waals surface area contributed by atoms with Crippen molar-refractivity contribution in [3.8, 4) is 0 Å². The molecule has 0 saturated carbocycles. The summed E-state index contributed by atoms with van der Waals surface area (Å²) < 4.78 is 2.11. The van der Waals surface area contributed by atoms with Gasteiger partial charge in [-0.3, -0.25) is 0 Å². The van der Waals surface area contributed by atoms with Crippen LogP contribution < -0.4 is 0 Å². The van der Waals surface area contributed by atoms with Crippen LogP contribution in [0.4, 0.5) is 0 Å². The molecule has 1 fully saturated rings. The first-order chi connectivity index (χ1) is 10.2. The van der Waals surface area contributed by atoms with Gasteiger partial charge in [-0.05, 0) is 24.9 Å². The Labute approximate surface area is 126 Å². The van der Waals surface area contributed by atoms with Crippen molar-refractivity contribution in [3.05, 3.63) is 54.1 Å². The fourth-order valence-corrected chi connectivity index (χ4v) is 3.23. The number of likely N-dealkylation sites (tertiary alicyclic amines) is 1. The van der Waals surface area contributed by atoms with E-state index in [1.165, 1.54) is 5.56 Å². The average molecular weight is 285 g/mol. The lowest BCUT2D eigenvalue weighted by Gasteiger charge is -2.20. The number of hydrogen-bond acceptors (Lipinski definition) is 3. The number of rotatable bonds is 5. The third-order valence-electron chi connectivity index (χ3n) is 4.28. The largest absolute Gasteiger partial charge is 0.391 e. The van der Waals surface area contributed by atoms with Gasteiger partial charge in [0.05, 0.1) is 6.10 Å². The van der Waals surface area contributed by atoms with Crippen molar-refractivity contribution in [2.24, 2.45) is 7.05 Å². The molecule has 1 saturated heterocycles. The lowest BCUT2D eigenvalue weighted by molar-refractivity contribution is 0.124. The Morgan fingerprint density at radius 3 is 2.86 bits per heavy atom. The smallest absolute Gasteiger partial charge is 0.112 e. The molecule has 0 spiro atoms. The molecule has 0 radical (unpaired) electrons. The van der Waals surface area contributed by atoms with Gasteiger partial charge in [0.25, 0.3) is 0 Å². The number of aryl methyl sites for hydroxylation is 1. The van der Waals surface area contributed by atoms with Gasteiger partial charge in [0.2, 0.25) is 0 Å². The van der Waals surface area contributed by atoms with Crippen LogP contribution in [-0.4, -0.2) is 45.3 Å². The lowest BCUT2D eigenvalue weighted by Crippen LogP contribution is -2.32. The summed E-state index contributed by atoms with van der Waals surface area (Å²) >= 11 is 0. The zero-order valence-electron chi connectivity index (χ0n) is 12.5. The van der Waals surface area contributed by atoms with Crippen LogP contribution in [0.25, 0.3) is 0 Å². The van der Waals surface area contributed by atoms with Crippen LogP contribution in [-0.2, 0) is 13.5 Å². The zero-order chi connectivity index (χ0) is 14.7. The fraction of sp³-hybridized carbons (Fsp3) is 0.471. The molecule has 0 bridgehead atoms. The molecule has 21 heavy (non-hydrogen) atoms. The van der Waals surface area contributed by atoms with Gasteiger partial charge in [-0.15, -0.1) is 0 Å². The van der Waals surface area contributed by atoms with Gasteiger partial charge in [0.1, 0.15) is 5.82 Å². The number of aromatic nitrogens is 2.